The molecule has 4 rings (SSSR count). The first-order valence-electron chi connectivity index (χ1n) is 11.4. The number of fused-ring (bicyclic) bond motifs is 1. The highest BCUT2D eigenvalue weighted by Crippen LogP contribution is 2.34. The van der Waals surface area contributed by atoms with Gasteiger partial charge in [0.05, 0.1) is 17.2 Å². The van der Waals surface area contributed by atoms with Crippen LogP contribution in [0.5, 0.6) is 0 Å². The smallest absolute Gasteiger partial charge is 0.262 e. The lowest BCUT2D eigenvalue weighted by Gasteiger charge is -2.27. The van der Waals surface area contributed by atoms with Crippen LogP contribution in [0.4, 0.5) is 20.3 Å². The summed E-state index contributed by atoms with van der Waals surface area (Å²) in [6, 6.07) is 16.5. The van der Waals surface area contributed by atoms with Crippen LogP contribution in [0.15, 0.2) is 59.6 Å². The van der Waals surface area contributed by atoms with E-state index < -0.39 is 12.3 Å². The van der Waals surface area contributed by atoms with E-state index in [0.717, 1.165) is 16.0 Å². The van der Waals surface area contributed by atoms with Gasteiger partial charge in [0.2, 0.25) is 5.92 Å². The minimum Gasteiger partial charge on any atom is -0.369 e. The Kier molecular flexibility index (Phi) is 7.37. The summed E-state index contributed by atoms with van der Waals surface area (Å²) < 4.78 is 29.2. The van der Waals surface area contributed by atoms with Crippen LogP contribution < -0.4 is 10.2 Å². The molecule has 2 aromatic carbocycles. The molecule has 5 nitrogen and oxygen atoms in total. The van der Waals surface area contributed by atoms with Gasteiger partial charge in [0.15, 0.2) is 0 Å². The number of carbonyl (C=O) groups excluding carboxylic acids is 1. The summed E-state index contributed by atoms with van der Waals surface area (Å²) in [7, 11) is 0. The molecule has 1 N–H and O–H groups in total. The summed E-state index contributed by atoms with van der Waals surface area (Å²) in [5.41, 5.74) is 3.75. The van der Waals surface area contributed by atoms with Gasteiger partial charge in [-0.1, -0.05) is 18.2 Å². The maximum Gasteiger partial charge on any atom is 0.262 e. The van der Waals surface area contributed by atoms with E-state index in [-0.39, 0.29) is 25.3 Å². The molecule has 1 aliphatic rings. The van der Waals surface area contributed by atoms with Crippen molar-refractivity contribution < 1.29 is 13.6 Å². The quantitative estimate of drug-likeness (QED) is 0.421. The number of benzene rings is 2. The van der Waals surface area contributed by atoms with Gasteiger partial charge in [-0.3, -0.25) is 4.79 Å². The normalized spacial score (nSPS) is 16.0. The minimum absolute atomic E-state index is 0.107. The molecule has 1 aliphatic heterocycles. The maximum absolute atomic E-state index is 14.6. The van der Waals surface area contributed by atoms with Gasteiger partial charge < -0.3 is 10.2 Å². The number of nitriles is 1. The fraction of sp³-hybridized carbons (Fsp3) is 0.296. The Morgan fingerprint density at radius 2 is 1.94 bits per heavy atom. The van der Waals surface area contributed by atoms with Crippen molar-refractivity contribution in [1.82, 2.24) is 4.98 Å². The number of amides is 1. The number of hydrogen-bond donors (Lipinski definition) is 1. The standard InChI is InChI=1S/C27H26F2N4OS/c1-18-23(20-9-7-19(16-30)8-10-20)17-32-25-24(18)26(34)33(21-5-3-6-22(15-21)35-2)14-12-27(28,29)11-4-13-31-25/h3,5-10,15,17H,4,11-14H2,1-2H3,(H,31,32). The van der Waals surface area contributed by atoms with Gasteiger partial charge in [-0.05, 0) is 61.1 Å². The number of hydrogen-bond acceptors (Lipinski definition) is 5. The summed E-state index contributed by atoms with van der Waals surface area (Å²) in [4.78, 5) is 21.0. The average Bonchev–Trinajstić information content (AvgIpc) is 2.88. The van der Waals surface area contributed by atoms with Crippen LogP contribution >= 0.6 is 11.8 Å². The second-order valence-electron chi connectivity index (χ2n) is 8.50. The van der Waals surface area contributed by atoms with E-state index in [2.05, 4.69) is 16.4 Å². The van der Waals surface area contributed by atoms with Gasteiger partial charge >= 0.3 is 0 Å². The second kappa shape index (κ2) is 10.4. The average molecular weight is 493 g/mol. The van der Waals surface area contributed by atoms with Crippen LogP contribution in [0.25, 0.3) is 11.1 Å². The van der Waals surface area contributed by atoms with Crippen LogP contribution in [0.3, 0.4) is 0 Å². The molecule has 0 unspecified atom stereocenters. The van der Waals surface area contributed by atoms with Gasteiger partial charge in [-0.15, -0.1) is 11.8 Å². The van der Waals surface area contributed by atoms with E-state index in [0.29, 0.717) is 34.7 Å². The Labute approximate surface area is 208 Å². The summed E-state index contributed by atoms with van der Waals surface area (Å²) >= 11 is 1.53. The monoisotopic (exact) mass is 492 g/mol. The molecule has 0 bridgehead atoms. The third-order valence-electron chi connectivity index (χ3n) is 6.20. The van der Waals surface area contributed by atoms with Crippen molar-refractivity contribution in [2.45, 2.75) is 37.0 Å². The number of nitrogens with zero attached hydrogens (tertiary/aromatic N) is 3. The zero-order valence-electron chi connectivity index (χ0n) is 19.6. The fourth-order valence-electron chi connectivity index (χ4n) is 4.23. The summed E-state index contributed by atoms with van der Waals surface area (Å²) in [5.74, 6) is -2.85. The minimum atomic E-state index is -2.87. The van der Waals surface area contributed by atoms with E-state index in [1.54, 1.807) is 24.4 Å². The van der Waals surface area contributed by atoms with E-state index in [1.807, 2.05) is 43.5 Å². The second-order valence-corrected chi connectivity index (χ2v) is 9.38. The predicted octanol–water partition coefficient (Wildman–Crippen LogP) is 6.53. The lowest BCUT2D eigenvalue weighted by Crippen LogP contribution is -2.35. The zero-order valence-corrected chi connectivity index (χ0v) is 20.5. The molecule has 2 heterocycles. The largest absolute Gasteiger partial charge is 0.369 e. The molecule has 0 atom stereocenters. The fourth-order valence-corrected chi connectivity index (χ4v) is 4.68. The number of thioether (sulfide) groups is 1. The third-order valence-corrected chi connectivity index (χ3v) is 6.93. The molecule has 0 fully saturated rings. The van der Waals surface area contributed by atoms with E-state index >= 15 is 0 Å². The van der Waals surface area contributed by atoms with E-state index in [9.17, 15) is 13.6 Å². The Morgan fingerprint density at radius 3 is 2.66 bits per heavy atom. The van der Waals surface area contributed by atoms with Crippen LogP contribution in [0.1, 0.15) is 40.7 Å². The van der Waals surface area contributed by atoms with Crippen molar-refractivity contribution in [2.75, 3.05) is 29.6 Å². The number of nitrogens with one attached hydrogen (secondary N) is 1. The molecule has 180 valence electrons. The van der Waals surface area contributed by atoms with Gasteiger partial charge in [0.1, 0.15) is 5.82 Å². The molecule has 0 radical (unpaired) electrons. The van der Waals surface area contributed by atoms with Crippen LogP contribution in [0.2, 0.25) is 0 Å². The highest BCUT2D eigenvalue weighted by Gasteiger charge is 2.33. The van der Waals surface area contributed by atoms with Crippen LogP contribution in [-0.2, 0) is 0 Å². The predicted molar refractivity (Wildman–Crippen MR) is 136 cm³/mol. The molecule has 1 amide bonds. The number of rotatable bonds is 3. The van der Waals surface area contributed by atoms with Crippen molar-refractivity contribution in [3.8, 4) is 17.2 Å². The molecular weight excluding hydrogens is 466 g/mol. The molecule has 0 saturated carbocycles. The summed E-state index contributed by atoms with van der Waals surface area (Å²) in [6.45, 7) is 2.03. The van der Waals surface area contributed by atoms with E-state index in [4.69, 9.17) is 5.26 Å². The lowest BCUT2D eigenvalue weighted by atomic mass is 9.97. The molecule has 0 saturated heterocycles. The van der Waals surface area contributed by atoms with Crippen molar-refractivity contribution in [3.05, 3.63) is 71.4 Å². The Morgan fingerprint density at radius 1 is 1.17 bits per heavy atom. The first kappa shape index (κ1) is 24.7. The lowest BCUT2D eigenvalue weighted by molar-refractivity contribution is -0.0147. The third kappa shape index (κ3) is 5.46. The molecule has 0 aliphatic carbocycles. The molecule has 3 aromatic rings. The topological polar surface area (TPSA) is 69.0 Å². The molecular formula is C27H26F2N4OS. The Balaban J connectivity index is 1.85. The van der Waals surface area contributed by atoms with Crippen molar-refractivity contribution in [1.29, 1.82) is 5.26 Å². The van der Waals surface area contributed by atoms with Crippen molar-refractivity contribution in [3.63, 3.8) is 0 Å². The molecule has 1 aromatic heterocycles. The molecule has 0 spiro atoms. The number of halogens is 2. The molecule has 8 heteroatoms. The van der Waals surface area contributed by atoms with E-state index in [1.165, 1.54) is 16.7 Å². The van der Waals surface area contributed by atoms with Gasteiger partial charge in [0, 0.05) is 48.3 Å². The number of pyridine rings is 1. The summed E-state index contributed by atoms with van der Waals surface area (Å²) in [5, 5.41) is 12.2. The molecule has 35 heavy (non-hydrogen) atoms. The van der Waals surface area contributed by atoms with Crippen molar-refractivity contribution in [2.24, 2.45) is 0 Å². The maximum atomic E-state index is 14.6. The van der Waals surface area contributed by atoms with Crippen LogP contribution in [0, 0.1) is 18.3 Å². The summed E-state index contributed by atoms with van der Waals surface area (Å²) in [6.07, 6.45) is 3.20. The highest BCUT2D eigenvalue weighted by atomic mass is 32.2. The first-order valence-corrected chi connectivity index (χ1v) is 12.6. The first-order chi connectivity index (χ1) is 16.8. The number of anilines is 2. The SMILES string of the molecule is CSc1cccc(N2CCC(F)(F)CCCNc3ncc(-c4ccc(C#N)cc4)c(C)c3C2=O)c1. The van der Waals surface area contributed by atoms with Gasteiger partial charge in [0.25, 0.3) is 5.91 Å². The van der Waals surface area contributed by atoms with Crippen LogP contribution in [-0.4, -0.2) is 36.2 Å². The Hall–Kier alpha value is -3.44. The Bertz CT molecular complexity index is 1270. The van der Waals surface area contributed by atoms with Gasteiger partial charge in [-0.25, -0.2) is 13.8 Å². The van der Waals surface area contributed by atoms with Gasteiger partial charge in [-0.2, -0.15) is 5.26 Å². The number of aromatic nitrogens is 1. The zero-order chi connectivity index (χ0) is 25.0. The number of carbonyl (C=O) groups is 1. The van der Waals surface area contributed by atoms with Crippen molar-refractivity contribution >= 4 is 29.2 Å². The number of alkyl halides is 2. The highest BCUT2D eigenvalue weighted by molar-refractivity contribution is 7.98.